The second-order valence-corrected chi connectivity index (χ2v) is 9.38. The molecular formula is C13H13Br3N2O2S. The van der Waals surface area contributed by atoms with Crippen molar-refractivity contribution in [1.82, 2.24) is 9.97 Å². The Morgan fingerprint density at radius 2 is 1.62 bits per heavy atom. The highest BCUT2D eigenvalue weighted by Gasteiger charge is 2.18. The quantitative estimate of drug-likeness (QED) is 0.564. The van der Waals surface area contributed by atoms with Gasteiger partial charge < -0.3 is 0 Å². The monoisotopic (exact) mass is 498 g/mol. The average molecular weight is 501 g/mol. The van der Waals surface area contributed by atoms with Crippen LogP contribution in [0.4, 0.5) is 0 Å². The van der Waals surface area contributed by atoms with Crippen LogP contribution in [0.25, 0.3) is 0 Å². The molecule has 2 aromatic heterocycles. The van der Waals surface area contributed by atoms with E-state index in [9.17, 15) is 8.42 Å². The van der Waals surface area contributed by atoms with E-state index in [1.54, 1.807) is 26.2 Å². The lowest BCUT2D eigenvalue weighted by Crippen LogP contribution is -2.13. The number of rotatable bonds is 2. The minimum absolute atomic E-state index is 0.310. The standard InChI is InChI=1S/C8H10BrNO2S.C5H3Br2N/c1-6(2)13(11,12)7-3-4-10-8(9)5-7;6-4-1-5(7)3-8-2-4/h3-6H,1-2H3;1-3H. The van der Waals surface area contributed by atoms with Gasteiger partial charge in [0.15, 0.2) is 9.84 Å². The highest BCUT2D eigenvalue weighted by atomic mass is 79.9. The molecule has 0 atom stereocenters. The van der Waals surface area contributed by atoms with Gasteiger partial charge in [0.25, 0.3) is 0 Å². The predicted octanol–water partition coefficient (Wildman–Crippen LogP) is 4.63. The van der Waals surface area contributed by atoms with Crippen molar-refractivity contribution in [3.63, 3.8) is 0 Å². The second-order valence-electron chi connectivity index (χ2n) is 4.23. The Balaban J connectivity index is 0.000000235. The molecule has 0 saturated heterocycles. The van der Waals surface area contributed by atoms with Crippen LogP contribution in [0.3, 0.4) is 0 Å². The first-order valence-corrected chi connectivity index (χ1v) is 9.77. The van der Waals surface area contributed by atoms with Crippen molar-refractivity contribution in [2.45, 2.75) is 24.0 Å². The van der Waals surface area contributed by atoms with Crippen molar-refractivity contribution in [1.29, 1.82) is 0 Å². The number of aromatic nitrogens is 2. The maximum absolute atomic E-state index is 11.6. The number of pyridine rings is 2. The molecule has 0 radical (unpaired) electrons. The van der Waals surface area contributed by atoms with Gasteiger partial charge in [0.05, 0.1) is 10.1 Å². The maximum atomic E-state index is 11.6. The lowest BCUT2D eigenvalue weighted by atomic mass is 10.5. The molecule has 0 aliphatic heterocycles. The summed E-state index contributed by atoms with van der Waals surface area (Å²) >= 11 is 9.67. The number of hydrogen-bond acceptors (Lipinski definition) is 4. The number of hydrogen-bond donors (Lipinski definition) is 0. The van der Waals surface area contributed by atoms with Crippen LogP contribution in [0.2, 0.25) is 0 Å². The van der Waals surface area contributed by atoms with Crippen LogP contribution in [-0.2, 0) is 9.84 Å². The van der Waals surface area contributed by atoms with Gasteiger partial charge in [-0.25, -0.2) is 13.4 Å². The van der Waals surface area contributed by atoms with E-state index in [0.717, 1.165) is 8.95 Å². The van der Waals surface area contributed by atoms with Gasteiger partial charge in [-0.2, -0.15) is 0 Å². The van der Waals surface area contributed by atoms with Crippen LogP contribution in [0.1, 0.15) is 13.8 Å². The molecule has 2 aromatic rings. The smallest absolute Gasteiger partial charge is 0.180 e. The van der Waals surface area contributed by atoms with Gasteiger partial charge in [-0.1, -0.05) is 0 Å². The van der Waals surface area contributed by atoms with Crippen LogP contribution in [0.15, 0.2) is 55.2 Å². The Labute approximate surface area is 149 Å². The fourth-order valence-electron chi connectivity index (χ4n) is 1.22. The fraction of sp³-hybridized carbons (Fsp3) is 0.231. The molecule has 21 heavy (non-hydrogen) atoms. The van der Waals surface area contributed by atoms with Gasteiger partial charge >= 0.3 is 0 Å². The molecular weight excluding hydrogens is 488 g/mol. The second kappa shape index (κ2) is 8.36. The van der Waals surface area contributed by atoms with Gasteiger partial charge in [0, 0.05) is 27.5 Å². The highest BCUT2D eigenvalue weighted by molar-refractivity contribution is 9.11. The molecule has 8 heteroatoms. The Bertz CT molecular complexity index is 689. The van der Waals surface area contributed by atoms with E-state index >= 15 is 0 Å². The van der Waals surface area contributed by atoms with E-state index in [-0.39, 0.29) is 0 Å². The predicted molar refractivity (Wildman–Crippen MR) is 93.9 cm³/mol. The van der Waals surface area contributed by atoms with Crippen LogP contribution in [-0.4, -0.2) is 23.6 Å². The van der Waals surface area contributed by atoms with Crippen molar-refractivity contribution >= 4 is 57.6 Å². The molecule has 0 bridgehead atoms. The Hall–Kier alpha value is -0.310. The van der Waals surface area contributed by atoms with Crippen LogP contribution in [0, 0.1) is 0 Å². The third-order valence-electron chi connectivity index (χ3n) is 2.32. The molecule has 0 N–H and O–H groups in total. The van der Waals surface area contributed by atoms with Crippen LogP contribution >= 0.6 is 47.8 Å². The molecule has 2 rings (SSSR count). The van der Waals surface area contributed by atoms with Gasteiger partial charge in [-0.05, 0) is 79.8 Å². The SMILES string of the molecule is Brc1cncc(Br)c1.CC(C)S(=O)(=O)c1ccnc(Br)c1. The van der Waals surface area contributed by atoms with Crippen molar-refractivity contribution in [2.24, 2.45) is 0 Å². The number of nitrogens with zero attached hydrogens (tertiary/aromatic N) is 2. The van der Waals surface area contributed by atoms with E-state index in [1.807, 2.05) is 6.07 Å². The van der Waals surface area contributed by atoms with E-state index in [4.69, 9.17) is 0 Å². The van der Waals surface area contributed by atoms with Gasteiger partial charge in [-0.3, -0.25) is 4.98 Å². The van der Waals surface area contributed by atoms with Crippen LogP contribution < -0.4 is 0 Å². The third-order valence-corrected chi connectivity index (χ3v) is 5.77. The lowest BCUT2D eigenvalue weighted by Gasteiger charge is -2.06. The summed E-state index contributed by atoms with van der Waals surface area (Å²) in [4.78, 5) is 8.06. The van der Waals surface area contributed by atoms with E-state index in [1.165, 1.54) is 18.3 Å². The molecule has 0 aliphatic rings. The normalized spacial score (nSPS) is 11.0. The van der Waals surface area contributed by atoms with Gasteiger partial charge in [0.2, 0.25) is 0 Å². The summed E-state index contributed by atoms with van der Waals surface area (Å²) in [6, 6.07) is 4.95. The molecule has 0 aromatic carbocycles. The molecule has 0 saturated carbocycles. The number of sulfone groups is 1. The minimum atomic E-state index is -3.17. The van der Waals surface area contributed by atoms with Crippen molar-refractivity contribution < 1.29 is 8.42 Å². The summed E-state index contributed by atoms with van der Waals surface area (Å²) in [6.45, 7) is 3.31. The topological polar surface area (TPSA) is 59.9 Å². The zero-order valence-corrected chi connectivity index (χ0v) is 16.9. The first kappa shape index (κ1) is 18.7. The highest BCUT2D eigenvalue weighted by Crippen LogP contribution is 2.18. The maximum Gasteiger partial charge on any atom is 0.180 e. The van der Waals surface area contributed by atoms with E-state index in [2.05, 4.69) is 57.8 Å². The molecule has 2 heterocycles. The van der Waals surface area contributed by atoms with Crippen molar-refractivity contribution in [3.8, 4) is 0 Å². The van der Waals surface area contributed by atoms with Crippen LogP contribution in [0.5, 0.6) is 0 Å². The molecule has 0 spiro atoms. The zero-order valence-electron chi connectivity index (χ0n) is 11.3. The Morgan fingerprint density at radius 1 is 1.05 bits per heavy atom. The lowest BCUT2D eigenvalue weighted by molar-refractivity contribution is 0.587. The summed E-state index contributed by atoms with van der Waals surface area (Å²) in [5, 5.41) is -0.401. The zero-order chi connectivity index (χ0) is 16.0. The molecule has 0 amide bonds. The first-order valence-electron chi connectivity index (χ1n) is 5.85. The number of halogens is 3. The summed E-state index contributed by atoms with van der Waals surface area (Å²) in [7, 11) is -3.17. The average Bonchev–Trinajstić information content (AvgIpc) is 2.39. The van der Waals surface area contributed by atoms with Crippen molar-refractivity contribution in [2.75, 3.05) is 0 Å². The summed E-state index contributed by atoms with van der Waals surface area (Å²) < 4.78 is 25.8. The molecule has 4 nitrogen and oxygen atoms in total. The van der Waals surface area contributed by atoms with Gasteiger partial charge in [-0.15, -0.1) is 0 Å². The molecule has 114 valence electrons. The fourth-order valence-corrected chi connectivity index (χ4v) is 3.84. The minimum Gasteiger partial charge on any atom is -0.262 e. The van der Waals surface area contributed by atoms with Gasteiger partial charge in [0.1, 0.15) is 4.60 Å². The summed E-state index contributed by atoms with van der Waals surface area (Å²) in [5.41, 5.74) is 0. The molecule has 0 aliphatic carbocycles. The summed E-state index contributed by atoms with van der Waals surface area (Å²) in [5.74, 6) is 0. The Morgan fingerprint density at radius 3 is 2.00 bits per heavy atom. The summed E-state index contributed by atoms with van der Waals surface area (Å²) in [6.07, 6.45) is 4.95. The van der Waals surface area contributed by atoms with E-state index in [0.29, 0.717) is 9.50 Å². The largest absolute Gasteiger partial charge is 0.262 e. The van der Waals surface area contributed by atoms with E-state index < -0.39 is 15.1 Å². The third kappa shape index (κ3) is 6.14. The Kier molecular flexibility index (Phi) is 7.46. The first-order chi connectivity index (χ1) is 9.73. The van der Waals surface area contributed by atoms with Crippen molar-refractivity contribution in [3.05, 3.63) is 50.3 Å². The molecule has 0 fully saturated rings. The molecule has 0 unspecified atom stereocenters.